The van der Waals surface area contributed by atoms with Crippen molar-refractivity contribution >= 4 is 28.5 Å². The van der Waals surface area contributed by atoms with Crippen molar-refractivity contribution in [1.29, 1.82) is 0 Å². The Balaban J connectivity index is 3.05. The number of hydrogen-bond donors (Lipinski definition) is 1. The van der Waals surface area contributed by atoms with Crippen molar-refractivity contribution in [3.05, 3.63) is 45.0 Å². The molecule has 4 nitrogen and oxygen atoms in total. The zero-order valence-corrected chi connectivity index (χ0v) is 12.0. The minimum atomic E-state index is -1.34. The molecule has 1 N–H and O–H groups in total. The van der Waals surface area contributed by atoms with Gasteiger partial charge < -0.3 is 9.67 Å². The first kappa shape index (κ1) is 14.5. The summed E-state index contributed by atoms with van der Waals surface area (Å²) in [6.07, 6.45) is 1.27. The van der Waals surface area contributed by atoms with Gasteiger partial charge in [0.25, 0.3) is 0 Å². The molecule has 0 fully saturated rings. The number of nitrogens with zero attached hydrogens (tertiary/aromatic N) is 1. The number of hydrogen-bond acceptors (Lipinski definition) is 2. The minimum Gasteiger partial charge on any atom is -0.477 e. The Morgan fingerprint density at radius 2 is 1.95 bits per heavy atom. The van der Waals surface area contributed by atoms with E-state index in [0.29, 0.717) is 5.52 Å². The van der Waals surface area contributed by atoms with Crippen molar-refractivity contribution in [3.63, 3.8) is 0 Å². The number of carbonyl (C=O) groups is 1. The van der Waals surface area contributed by atoms with Crippen molar-refractivity contribution in [3.8, 4) is 0 Å². The monoisotopic (exact) mass is 297 g/mol. The summed E-state index contributed by atoms with van der Waals surface area (Å²) in [4.78, 5) is 23.3. The second-order valence-electron chi connectivity index (χ2n) is 5.50. The lowest BCUT2D eigenvalue weighted by Gasteiger charge is -2.26. The summed E-state index contributed by atoms with van der Waals surface area (Å²) in [6, 6.07) is 2.32. The second-order valence-corrected chi connectivity index (χ2v) is 5.91. The molecule has 20 heavy (non-hydrogen) atoms. The van der Waals surface area contributed by atoms with Crippen molar-refractivity contribution < 1.29 is 14.3 Å². The fourth-order valence-corrected chi connectivity index (χ4v) is 2.19. The highest BCUT2D eigenvalue weighted by Crippen LogP contribution is 2.26. The lowest BCUT2D eigenvalue weighted by atomic mass is 10.0. The molecule has 1 aromatic carbocycles. The summed E-state index contributed by atoms with van der Waals surface area (Å²) in [6.45, 7) is 5.54. The lowest BCUT2D eigenvalue weighted by molar-refractivity contribution is 0.0694. The van der Waals surface area contributed by atoms with E-state index in [2.05, 4.69) is 0 Å². The molecule has 0 spiro atoms. The largest absolute Gasteiger partial charge is 0.477 e. The zero-order chi connectivity index (χ0) is 15.2. The van der Waals surface area contributed by atoms with Crippen molar-refractivity contribution in [2.45, 2.75) is 26.3 Å². The molecule has 106 valence electrons. The van der Waals surface area contributed by atoms with Gasteiger partial charge in [-0.15, -0.1) is 0 Å². The second kappa shape index (κ2) is 4.59. The highest BCUT2D eigenvalue weighted by Gasteiger charge is 2.21. The molecule has 2 rings (SSSR count). The number of carboxylic acids is 1. The van der Waals surface area contributed by atoms with Crippen LogP contribution in [0, 0.1) is 5.82 Å². The van der Waals surface area contributed by atoms with Gasteiger partial charge in [0.2, 0.25) is 5.43 Å². The molecule has 1 aromatic heterocycles. The van der Waals surface area contributed by atoms with Crippen LogP contribution in [0.5, 0.6) is 0 Å². The van der Waals surface area contributed by atoms with Crippen LogP contribution in [-0.4, -0.2) is 15.6 Å². The maximum Gasteiger partial charge on any atom is 0.341 e. The fourth-order valence-electron chi connectivity index (χ4n) is 2.03. The van der Waals surface area contributed by atoms with E-state index in [4.69, 9.17) is 16.7 Å². The third-order valence-corrected chi connectivity index (χ3v) is 3.29. The van der Waals surface area contributed by atoms with E-state index in [1.54, 1.807) is 4.57 Å². The molecule has 6 heteroatoms. The Morgan fingerprint density at radius 1 is 1.35 bits per heavy atom. The van der Waals surface area contributed by atoms with Crippen molar-refractivity contribution in [1.82, 2.24) is 4.57 Å². The molecule has 0 aliphatic rings. The molecule has 0 aliphatic carbocycles. The minimum absolute atomic E-state index is 0.00160. The van der Waals surface area contributed by atoms with Gasteiger partial charge in [-0.3, -0.25) is 4.79 Å². The first-order valence-electron chi connectivity index (χ1n) is 5.91. The highest BCUT2D eigenvalue weighted by atomic mass is 35.5. The summed E-state index contributed by atoms with van der Waals surface area (Å²) in [5.41, 5.74) is -1.20. The molecule has 0 saturated carbocycles. The summed E-state index contributed by atoms with van der Waals surface area (Å²) >= 11 is 5.76. The van der Waals surface area contributed by atoms with Gasteiger partial charge in [0, 0.05) is 17.1 Å². The number of fused-ring (bicyclic) bond motifs is 1. The Bertz CT molecular complexity index is 775. The van der Waals surface area contributed by atoms with Crippen LogP contribution in [0.2, 0.25) is 5.02 Å². The lowest BCUT2D eigenvalue weighted by Crippen LogP contribution is -2.27. The third kappa shape index (κ3) is 2.29. The number of halogens is 2. The van der Waals surface area contributed by atoms with E-state index in [-0.39, 0.29) is 10.4 Å². The van der Waals surface area contributed by atoms with Gasteiger partial charge >= 0.3 is 5.97 Å². The van der Waals surface area contributed by atoms with E-state index >= 15 is 0 Å². The van der Waals surface area contributed by atoms with Gasteiger partial charge in [0.05, 0.1) is 10.5 Å². The summed E-state index contributed by atoms with van der Waals surface area (Å²) in [5.74, 6) is -2.09. The number of rotatable bonds is 1. The number of aromatic carboxylic acids is 1. The predicted molar refractivity (Wildman–Crippen MR) is 75.1 cm³/mol. The fraction of sp³-hybridized carbons (Fsp3) is 0.286. The van der Waals surface area contributed by atoms with Crippen LogP contribution < -0.4 is 5.43 Å². The maximum absolute atomic E-state index is 13.6. The van der Waals surface area contributed by atoms with E-state index in [9.17, 15) is 14.0 Å². The smallest absolute Gasteiger partial charge is 0.341 e. The van der Waals surface area contributed by atoms with E-state index < -0.39 is 28.3 Å². The van der Waals surface area contributed by atoms with E-state index in [1.165, 1.54) is 12.3 Å². The molecule has 1 heterocycles. The van der Waals surface area contributed by atoms with Crippen LogP contribution in [0.4, 0.5) is 4.39 Å². The van der Waals surface area contributed by atoms with Gasteiger partial charge in [-0.2, -0.15) is 0 Å². The number of benzene rings is 1. The Morgan fingerprint density at radius 3 is 2.45 bits per heavy atom. The van der Waals surface area contributed by atoms with Crippen LogP contribution in [0.15, 0.2) is 23.1 Å². The van der Waals surface area contributed by atoms with Gasteiger partial charge in [0.15, 0.2) is 0 Å². The van der Waals surface area contributed by atoms with Gasteiger partial charge in [-0.05, 0) is 32.9 Å². The number of aromatic nitrogens is 1. The molecule has 2 aromatic rings. The summed E-state index contributed by atoms with van der Waals surface area (Å²) < 4.78 is 15.2. The van der Waals surface area contributed by atoms with Crippen LogP contribution >= 0.6 is 11.6 Å². The van der Waals surface area contributed by atoms with E-state index in [0.717, 1.165) is 6.07 Å². The van der Waals surface area contributed by atoms with Gasteiger partial charge in [0.1, 0.15) is 11.4 Å². The third-order valence-electron chi connectivity index (χ3n) is 3.00. The Hall–Kier alpha value is -1.88. The van der Waals surface area contributed by atoms with Crippen LogP contribution in [0.1, 0.15) is 31.1 Å². The van der Waals surface area contributed by atoms with Crippen LogP contribution in [-0.2, 0) is 5.54 Å². The maximum atomic E-state index is 13.6. The molecule has 0 bridgehead atoms. The molecule has 0 radical (unpaired) electrons. The Labute approximate surface area is 119 Å². The molecular weight excluding hydrogens is 285 g/mol. The SMILES string of the molecule is CC(C)(C)n1cc(C(=O)O)c(=O)c2cc(F)c(Cl)cc21. The van der Waals surface area contributed by atoms with Crippen LogP contribution in [0.25, 0.3) is 10.9 Å². The average Bonchev–Trinajstić information content (AvgIpc) is 2.30. The van der Waals surface area contributed by atoms with E-state index in [1.807, 2.05) is 20.8 Å². The van der Waals surface area contributed by atoms with Gasteiger partial charge in [-0.1, -0.05) is 11.6 Å². The topological polar surface area (TPSA) is 59.3 Å². The standard InChI is InChI=1S/C14H13ClFNO3/c1-14(2,3)17-6-8(13(19)20)12(18)7-4-10(16)9(15)5-11(7)17/h4-6H,1-3H3,(H,19,20). The first-order valence-corrected chi connectivity index (χ1v) is 6.29. The molecular formula is C14H13ClFNO3. The van der Waals surface area contributed by atoms with Crippen LogP contribution in [0.3, 0.4) is 0 Å². The zero-order valence-electron chi connectivity index (χ0n) is 11.2. The molecule has 0 saturated heterocycles. The summed E-state index contributed by atoms with van der Waals surface area (Å²) in [7, 11) is 0. The highest BCUT2D eigenvalue weighted by molar-refractivity contribution is 6.31. The normalized spacial score (nSPS) is 11.8. The quantitative estimate of drug-likeness (QED) is 0.879. The number of carboxylic acid groups (broad SMARTS) is 1. The van der Waals surface area contributed by atoms with Crippen molar-refractivity contribution in [2.24, 2.45) is 0 Å². The molecule has 0 amide bonds. The predicted octanol–water partition coefficient (Wildman–Crippen LogP) is 3.25. The first-order chi connectivity index (χ1) is 9.12. The Kier molecular flexibility index (Phi) is 3.34. The number of pyridine rings is 1. The molecule has 0 aliphatic heterocycles. The summed E-state index contributed by atoms with van der Waals surface area (Å²) in [5, 5.41) is 8.99. The molecule has 0 unspecified atom stereocenters. The molecule has 0 atom stereocenters. The van der Waals surface area contributed by atoms with Crippen molar-refractivity contribution in [2.75, 3.05) is 0 Å². The average molecular weight is 298 g/mol. The van der Waals surface area contributed by atoms with Gasteiger partial charge in [-0.25, -0.2) is 9.18 Å².